The molecule has 1 aliphatic heterocycles. The lowest BCUT2D eigenvalue weighted by Gasteiger charge is -2.24. The van der Waals surface area contributed by atoms with Crippen LogP contribution < -0.4 is 5.32 Å². The Hall–Kier alpha value is -2.68. The van der Waals surface area contributed by atoms with Crippen LogP contribution in [0.1, 0.15) is 12.0 Å². The molecule has 8 nitrogen and oxygen atoms in total. The number of aromatic amines is 1. The van der Waals surface area contributed by atoms with Gasteiger partial charge in [-0.3, -0.25) is 4.90 Å². The lowest BCUT2D eigenvalue weighted by Crippen LogP contribution is -2.34. The monoisotopic (exact) mass is 328 g/mol. The van der Waals surface area contributed by atoms with Crippen LogP contribution in [0.5, 0.6) is 0 Å². The molecule has 0 spiro atoms. The lowest BCUT2D eigenvalue weighted by molar-refractivity contribution is 0.241. The summed E-state index contributed by atoms with van der Waals surface area (Å²) in [5.41, 5.74) is 2.35. The van der Waals surface area contributed by atoms with Gasteiger partial charge in [0, 0.05) is 43.6 Å². The standard InChI is InChI=1S/C15H17FN8/c16-11-1-12(24(6-11)5-10-2-17-7-18-3-10)4-19-14-13-15(21-8-20-13)23-9-22-14/h2-3,7-9,11-12H,1,4-6H2,(H2,19,20,21,22,23)/t11-,12-/m0/s1. The number of imidazole rings is 1. The van der Waals surface area contributed by atoms with Gasteiger partial charge in [-0.15, -0.1) is 0 Å². The van der Waals surface area contributed by atoms with E-state index in [1.807, 2.05) is 0 Å². The van der Waals surface area contributed by atoms with Crippen molar-refractivity contribution in [2.45, 2.75) is 25.2 Å². The third-order valence-electron chi connectivity index (χ3n) is 4.20. The van der Waals surface area contributed by atoms with Crippen LogP contribution >= 0.6 is 0 Å². The second-order valence-corrected chi connectivity index (χ2v) is 5.87. The van der Waals surface area contributed by atoms with E-state index in [-0.39, 0.29) is 6.04 Å². The van der Waals surface area contributed by atoms with E-state index in [1.54, 1.807) is 18.7 Å². The summed E-state index contributed by atoms with van der Waals surface area (Å²) in [4.78, 5) is 25.6. The van der Waals surface area contributed by atoms with Crippen LogP contribution in [0.15, 0.2) is 31.4 Å². The van der Waals surface area contributed by atoms with Crippen molar-refractivity contribution >= 4 is 17.0 Å². The van der Waals surface area contributed by atoms with Gasteiger partial charge in [0.25, 0.3) is 0 Å². The van der Waals surface area contributed by atoms with Gasteiger partial charge in [-0.1, -0.05) is 0 Å². The molecule has 24 heavy (non-hydrogen) atoms. The van der Waals surface area contributed by atoms with Crippen LogP contribution in [0.2, 0.25) is 0 Å². The number of rotatable bonds is 5. The van der Waals surface area contributed by atoms with Crippen LogP contribution in [0, 0.1) is 0 Å². The number of hydrogen-bond acceptors (Lipinski definition) is 7. The molecule has 1 fully saturated rings. The summed E-state index contributed by atoms with van der Waals surface area (Å²) in [7, 11) is 0. The molecule has 2 N–H and O–H groups in total. The van der Waals surface area contributed by atoms with E-state index >= 15 is 0 Å². The third kappa shape index (κ3) is 3.02. The predicted octanol–water partition coefficient (Wildman–Crippen LogP) is 1.17. The zero-order chi connectivity index (χ0) is 16.4. The Kier molecular flexibility index (Phi) is 3.99. The average Bonchev–Trinajstić information content (AvgIpc) is 3.20. The molecule has 9 heteroatoms. The maximum atomic E-state index is 13.9. The van der Waals surface area contributed by atoms with Crippen molar-refractivity contribution in [1.82, 2.24) is 34.8 Å². The highest BCUT2D eigenvalue weighted by molar-refractivity contribution is 5.81. The summed E-state index contributed by atoms with van der Waals surface area (Å²) in [5, 5.41) is 3.29. The SMILES string of the molecule is F[C@H]1C[C@@H](CNc2ncnc3nc[nH]c23)N(Cc2cncnc2)C1. The Morgan fingerprint density at radius 3 is 2.96 bits per heavy atom. The zero-order valence-corrected chi connectivity index (χ0v) is 12.9. The normalized spacial score (nSPS) is 21.4. The Morgan fingerprint density at radius 1 is 1.21 bits per heavy atom. The second-order valence-electron chi connectivity index (χ2n) is 5.87. The molecule has 3 aromatic heterocycles. The predicted molar refractivity (Wildman–Crippen MR) is 85.9 cm³/mol. The van der Waals surface area contributed by atoms with Crippen molar-refractivity contribution in [2.24, 2.45) is 0 Å². The quantitative estimate of drug-likeness (QED) is 0.726. The van der Waals surface area contributed by atoms with Crippen molar-refractivity contribution in [3.05, 3.63) is 36.9 Å². The largest absolute Gasteiger partial charge is 0.367 e. The number of hydrogen-bond donors (Lipinski definition) is 2. The van der Waals surface area contributed by atoms with Crippen molar-refractivity contribution in [2.75, 3.05) is 18.4 Å². The van der Waals surface area contributed by atoms with Gasteiger partial charge in [0.15, 0.2) is 11.5 Å². The summed E-state index contributed by atoms with van der Waals surface area (Å²) in [6.45, 7) is 1.65. The minimum absolute atomic E-state index is 0.0770. The Morgan fingerprint density at radius 2 is 2.08 bits per heavy atom. The molecule has 4 rings (SSSR count). The lowest BCUT2D eigenvalue weighted by atomic mass is 10.2. The van der Waals surface area contributed by atoms with Crippen LogP contribution in [0.25, 0.3) is 11.2 Å². The van der Waals surface area contributed by atoms with Gasteiger partial charge in [0.1, 0.15) is 24.3 Å². The molecule has 0 amide bonds. The minimum atomic E-state index is -0.820. The van der Waals surface area contributed by atoms with E-state index in [2.05, 4.69) is 40.1 Å². The van der Waals surface area contributed by atoms with Crippen molar-refractivity contribution in [1.29, 1.82) is 0 Å². The zero-order valence-electron chi connectivity index (χ0n) is 12.9. The average molecular weight is 328 g/mol. The molecule has 3 aromatic rings. The summed E-state index contributed by atoms with van der Waals surface area (Å²) >= 11 is 0. The molecular formula is C15H17FN8. The molecule has 0 aliphatic carbocycles. The molecule has 0 radical (unpaired) electrons. The molecule has 4 heterocycles. The molecule has 1 saturated heterocycles. The highest BCUT2D eigenvalue weighted by Gasteiger charge is 2.32. The fourth-order valence-corrected chi connectivity index (χ4v) is 3.09. The summed E-state index contributed by atoms with van der Waals surface area (Å²) < 4.78 is 13.9. The highest BCUT2D eigenvalue weighted by Crippen LogP contribution is 2.23. The van der Waals surface area contributed by atoms with E-state index in [1.165, 1.54) is 12.7 Å². The molecule has 0 unspecified atom stereocenters. The summed E-state index contributed by atoms with van der Waals surface area (Å²) in [6, 6.07) is 0.0770. The number of alkyl halides is 1. The number of fused-ring (bicyclic) bond motifs is 1. The Bertz CT molecular complexity index is 807. The first-order chi connectivity index (χ1) is 11.8. The van der Waals surface area contributed by atoms with Crippen molar-refractivity contribution < 1.29 is 4.39 Å². The maximum absolute atomic E-state index is 13.9. The van der Waals surface area contributed by atoms with E-state index in [9.17, 15) is 4.39 Å². The van der Waals surface area contributed by atoms with Gasteiger partial charge >= 0.3 is 0 Å². The fourth-order valence-electron chi connectivity index (χ4n) is 3.09. The third-order valence-corrected chi connectivity index (χ3v) is 4.20. The van der Waals surface area contributed by atoms with E-state index in [4.69, 9.17) is 0 Å². The van der Waals surface area contributed by atoms with Crippen molar-refractivity contribution in [3.8, 4) is 0 Å². The van der Waals surface area contributed by atoms with Gasteiger partial charge in [0.2, 0.25) is 0 Å². The number of aromatic nitrogens is 6. The molecular weight excluding hydrogens is 311 g/mol. The molecule has 2 atom stereocenters. The highest BCUT2D eigenvalue weighted by atomic mass is 19.1. The minimum Gasteiger partial charge on any atom is -0.367 e. The van der Waals surface area contributed by atoms with Crippen LogP contribution in [-0.4, -0.2) is 60.1 Å². The van der Waals surface area contributed by atoms with Crippen LogP contribution in [0.3, 0.4) is 0 Å². The maximum Gasteiger partial charge on any atom is 0.182 e. The van der Waals surface area contributed by atoms with Crippen molar-refractivity contribution in [3.63, 3.8) is 0 Å². The molecule has 0 saturated carbocycles. The molecule has 0 bridgehead atoms. The number of halogens is 1. The van der Waals surface area contributed by atoms with E-state index < -0.39 is 6.17 Å². The molecule has 0 aromatic carbocycles. The van der Waals surface area contributed by atoms with Gasteiger partial charge in [0.05, 0.1) is 6.33 Å². The molecule has 1 aliphatic rings. The number of H-pyrrole nitrogens is 1. The first-order valence-corrected chi connectivity index (χ1v) is 7.79. The first-order valence-electron chi connectivity index (χ1n) is 7.79. The van der Waals surface area contributed by atoms with E-state index in [0.29, 0.717) is 37.5 Å². The molecule has 124 valence electrons. The van der Waals surface area contributed by atoms with Gasteiger partial charge in [-0.2, -0.15) is 0 Å². The van der Waals surface area contributed by atoms with Gasteiger partial charge in [-0.25, -0.2) is 29.3 Å². The van der Waals surface area contributed by atoms with Gasteiger partial charge < -0.3 is 10.3 Å². The first kappa shape index (κ1) is 14.9. The number of likely N-dealkylation sites (tertiary alicyclic amines) is 1. The number of anilines is 1. The number of nitrogens with one attached hydrogen (secondary N) is 2. The Balaban J connectivity index is 1.45. The Labute approximate surface area is 137 Å². The fraction of sp³-hybridized carbons (Fsp3) is 0.400. The van der Waals surface area contributed by atoms with Crippen LogP contribution in [0.4, 0.5) is 10.2 Å². The second kappa shape index (κ2) is 6.44. The summed E-state index contributed by atoms with van der Waals surface area (Å²) in [5.74, 6) is 0.683. The summed E-state index contributed by atoms with van der Waals surface area (Å²) in [6.07, 6.45) is 7.76. The number of nitrogens with zero attached hydrogens (tertiary/aromatic N) is 6. The van der Waals surface area contributed by atoms with Gasteiger partial charge in [-0.05, 0) is 6.42 Å². The van der Waals surface area contributed by atoms with E-state index in [0.717, 1.165) is 11.1 Å². The topological polar surface area (TPSA) is 95.5 Å². The smallest absolute Gasteiger partial charge is 0.182 e. The van der Waals surface area contributed by atoms with Crippen LogP contribution in [-0.2, 0) is 6.54 Å².